The van der Waals surface area contributed by atoms with Crippen LogP contribution < -0.4 is 21.3 Å². The Hall–Kier alpha value is -0.810. The maximum absolute atomic E-state index is 6.22. The second-order valence-corrected chi connectivity index (χ2v) is 4.01. The molecule has 4 nitrogen and oxygen atoms in total. The number of benzene rings is 1. The Balaban J connectivity index is 3.40. The first-order chi connectivity index (χ1) is 7.56. The number of ether oxygens (including phenoxy) is 1. The Bertz CT molecular complexity index is 378. The fourth-order valence-corrected chi connectivity index (χ4v) is 1.93. The molecule has 0 aliphatic heterocycles. The van der Waals surface area contributed by atoms with Crippen LogP contribution in [0.15, 0.2) is 6.07 Å². The summed E-state index contributed by atoms with van der Waals surface area (Å²) >= 11 is 6.22. The first-order valence-corrected chi connectivity index (χ1v) is 5.41. The van der Waals surface area contributed by atoms with Crippen LogP contribution in [0.2, 0.25) is 5.02 Å². The zero-order valence-corrected chi connectivity index (χ0v) is 10.8. The van der Waals surface area contributed by atoms with Crippen LogP contribution in [-0.4, -0.2) is 14.2 Å². The van der Waals surface area contributed by atoms with Gasteiger partial charge >= 0.3 is 0 Å². The smallest absolute Gasteiger partial charge is 0.125 e. The average molecular weight is 244 g/mol. The van der Waals surface area contributed by atoms with E-state index in [0.29, 0.717) is 0 Å². The quantitative estimate of drug-likeness (QED) is 0.428. The Labute approximate surface area is 101 Å². The number of nitrogens with two attached hydrogens (primary N) is 1. The highest BCUT2D eigenvalue weighted by Crippen LogP contribution is 2.34. The van der Waals surface area contributed by atoms with Crippen molar-refractivity contribution in [2.75, 3.05) is 14.2 Å². The van der Waals surface area contributed by atoms with Crippen LogP contribution in [0.5, 0.6) is 5.75 Å². The molecular weight excluding hydrogens is 226 g/mol. The zero-order chi connectivity index (χ0) is 12.3. The molecule has 0 aliphatic rings. The minimum absolute atomic E-state index is 0.187. The fraction of sp³-hybridized carbons (Fsp3) is 0.455. The van der Waals surface area contributed by atoms with Gasteiger partial charge in [-0.15, -0.1) is 0 Å². The van der Waals surface area contributed by atoms with Crippen LogP contribution in [0.3, 0.4) is 0 Å². The summed E-state index contributed by atoms with van der Waals surface area (Å²) in [6.07, 6.45) is -0.187. The molecule has 0 heterocycles. The Morgan fingerprint density at radius 2 is 2.06 bits per heavy atom. The van der Waals surface area contributed by atoms with Crippen molar-refractivity contribution in [3.8, 4) is 5.75 Å². The Morgan fingerprint density at radius 1 is 1.44 bits per heavy atom. The van der Waals surface area contributed by atoms with Gasteiger partial charge in [0, 0.05) is 10.6 Å². The third kappa shape index (κ3) is 2.30. The average Bonchev–Trinajstić information content (AvgIpc) is 2.29. The minimum Gasteiger partial charge on any atom is -0.496 e. The van der Waals surface area contributed by atoms with Gasteiger partial charge in [0.15, 0.2) is 0 Å². The zero-order valence-electron chi connectivity index (χ0n) is 10.0. The van der Waals surface area contributed by atoms with E-state index >= 15 is 0 Å². The van der Waals surface area contributed by atoms with E-state index in [0.717, 1.165) is 27.5 Å². The fourth-order valence-electron chi connectivity index (χ4n) is 1.78. The van der Waals surface area contributed by atoms with E-state index in [1.165, 1.54) is 0 Å². The summed E-state index contributed by atoms with van der Waals surface area (Å²) in [5.74, 6) is 6.26. The Morgan fingerprint density at radius 3 is 2.50 bits per heavy atom. The predicted molar refractivity (Wildman–Crippen MR) is 66.6 cm³/mol. The number of nitrogens with one attached hydrogen (secondary N) is 2. The molecule has 0 aliphatic carbocycles. The number of hydrogen-bond donors (Lipinski definition) is 3. The van der Waals surface area contributed by atoms with E-state index in [4.69, 9.17) is 22.2 Å². The molecule has 1 aromatic carbocycles. The van der Waals surface area contributed by atoms with E-state index in [1.54, 1.807) is 7.11 Å². The first kappa shape index (κ1) is 13.3. The summed E-state index contributed by atoms with van der Waals surface area (Å²) in [5.41, 5.74) is 5.57. The number of aryl methyl sites for hydroxylation is 1. The van der Waals surface area contributed by atoms with Crippen molar-refractivity contribution in [2.45, 2.75) is 20.0 Å². The summed E-state index contributed by atoms with van der Waals surface area (Å²) in [6, 6.07) is 1.91. The van der Waals surface area contributed by atoms with Gasteiger partial charge in [0.1, 0.15) is 5.75 Å². The summed E-state index contributed by atoms with van der Waals surface area (Å²) < 4.78 is 5.35. The van der Waals surface area contributed by atoms with Gasteiger partial charge in [-0.05, 0) is 38.1 Å². The molecular formula is C11H18ClN3O. The number of methoxy groups -OCH3 is 1. The molecule has 90 valence electrons. The van der Waals surface area contributed by atoms with Gasteiger partial charge < -0.3 is 10.1 Å². The molecule has 16 heavy (non-hydrogen) atoms. The molecule has 0 bridgehead atoms. The van der Waals surface area contributed by atoms with Crippen LogP contribution in [-0.2, 0) is 0 Å². The van der Waals surface area contributed by atoms with Crippen molar-refractivity contribution in [3.63, 3.8) is 0 Å². The molecule has 1 unspecified atom stereocenters. The van der Waals surface area contributed by atoms with Gasteiger partial charge in [0.2, 0.25) is 0 Å². The van der Waals surface area contributed by atoms with Gasteiger partial charge in [-0.2, -0.15) is 0 Å². The molecule has 4 N–H and O–H groups in total. The maximum atomic E-state index is 6.22. The molecule has 0 aromatic heterocycles. The molecule has 0 saturated carbocycles. The van der Waals surface area contributed by atoms with Crippen LogP contribution in [0.4, 0.5) is 0 Å². The van der Waals surface area contributed by atoms with E-state index < -0.39 is 0 Å². The summed E-state index contributed by atoms with van der Waals surface area (Å²) in [5, 5.41) is 3.80. The monoisotopic (exact) mass is 243 g/mol. The lowest BCUT2D eigenvalue weighted by molar-refractivity contribution is 0.390. The second-order valence-electron chi connectivity index (χ2n) is 3.64. The van der Waals surface area contributed by atoms with E-state index in [1.807, 2.05) is 27.0 Å². The van der Waals surface area contributed by atoms with Crippen LogP contribution >= 0.6 is 11.6 Å². The largest absolute Gasteiger partial charge is 0.496 e. The Kier molecular flexibility index (Phi) is 4.56. The summed E-state index contributed by atoms with van der Waals surface area (Å²) in [6.45, 7) is 3.90. The highest BCUT2D eigenvalue weighted by Gasteiger charge is 2.19. The second kappa shape index (κ2) is 5.50. The van der Waals surface area contributed by atoms with Crippen LogP contribution in [0.1, 0.15) is 22.9 Å². The lowest BCUT2D eigenvalue weighted by atomic mass is 10.0. The van der Waals surface area contributed by atoms with Crippen LogP contribution in [0.25, 0.3) is 0 Å². The third-order valence-corrected chi connectivity index (χ3v) is 3.24. The number of hydrazine groups is 1. The van der Waals surface area contributed by atoms with Gasteiger partial charge in [-0.1, -0.05) is 11.6 Å². The lowest BCUT2D eigenvalue weighted by Crippen LogP contribution is -2.37. The molecule has 0 saturated heterocycles. The van der Waals surface area contributed by atoms with Crippen molar-refractivity contribution < 1.29 is 4.74 Å². The van der Waals surface area contributed by atoms with Gasteiger partial charge in [-0.3, -0.25) is 5.84 Å². The topological polar surface area (TPSA) is 59.3 Å². The standard InChI is InChI=1S/C11H18ClN3O/c1-6-5-8(16-4)9(7(2)10(6)12)11(14-3)15-13/h5,11,14-15H,13H2,1-4H3. The number of hydrogen-bond acceptors (Lipinski definition) is 4. The van der Waals surface area contributed by atoms with Gasteiger partial charge in [0.25, 0.3) is 0 Å². The summed E-state index contributed by atoms with van der Waals surface area (Å²) in [7, 11) is 3.45. The summed E-state index contributed by atoms with van der Waals surface area (Å²) in [4.78, 5) is 0. The lowest BCUT2D eigenvalue weighted by Gasteiger charge is -2.22. The number of halogens is 1. The molecule has 0 fully saturated rings. The molecule has 1 rings (SSSR count). The van der Waals surface area contributed by atoms with Crippen molar-refractivity contribution in [1.82, 2.24) is 10.7 Å². The van der Waals surface area contributed by atoms with Gasteiger partial charge in [-0.25, -0.2) is 5.43 Å². The van der Waals surface area contributed by atoms with E-state index in [9.17, 15) is 0 Å². The number of rotatable bonds is 4. The predicted octanol–water partition coefficient (Wildman–Crippen LogP) is 1.65. The minimum atomic E-state index is -0.187. The molecule has 1 aromatic rings. The molecule has 5 heteroatoms. The molecule has 0 amide bonds. The van der Waals surface area contributed by atoms with Crippen molar-refractivity contribution >= 4 is 11.6 Å². The normalized spacial score (nSPS) is 12.6. The molecule has 0 spiro atoms. The highest BCUT2D eigenvalue weighted by atomic mass is 35.5. The highest BCUT2D eigenvalue weighted by molar-refractivity contribution is 6.32. The van der Waals surface area contributed by atoms with Crippen LogP contribution in [0, 0.1) is 13.8 Å². The van der Waals surface area contributed by atoms with E-state index in [2.05, 4.69) is 10.7 Å². The molecule has 1 atom stereocenters. The van der Waals surface area contributed by atoms with Gasteiger partial charge in [0.05, 0.1) is 13.3 Å². The maximum Gasteiger partial charge on any atom is 0.125 e. The van der Waals surface area contributed by atoms with Crippen molar-refractivity contribution in [1.29, 1.82) is 0 Å². The van der Waals surface area contributed by atoms with E-state index in [-0.39, 0.29) is 6.17 Å². The van der Waals surface area contributed by atoms with Crippen molar-refractivity contribution in [3.05, 3.63) is 27.8 Å². The molecule has 0 radical (unpaired) electrons. The first-order valence-electron chi connectivity index (χ1n) is 5.03. The SMILES string of the molecule is CNC(NN)c1c(OC)cc(C)c(Cl)c1C. The third-order valence-electron chi connectivity index (χ3n) is 2.66. The van der Waals surface area contributed by atoms with Crippen molar-refractivity contribution in [2.24, 2.45) is 5.84 Å².